The highest BCUT2D eigenvalue weighted by molar-refractivity contribution is 5.79. The highest BCUT2D eigenvalue weighted by Crippen LogP contribution is 2.28. The zero-order chi connectivity index (χ0) is 20.4. The summed E-state index contributed by atoms with van der Waals surface area (Å²) in [4.78, 5) is 10.8. The number of nitrogens with zero attached hydrogens (tertiary/aromatic N) is 3. The molecule has 0 radical (unpaired) electrons. The lowest BCUT2D eigenvalue weighted by atomic mass is 9.89. The molecule has 1 fully saturated rings. The van der Waals surface area contributed by atoms with E-state index in [0.717, 1.165) is 6.42 Å². The maximum atomic E-state index is 4.10. The van der Waals surface area contributed by atoms with Crippen molar-refractivity contribution in [2.75, 3.05) is 19.6 Å². The van der Waals surface area contributed by atoms with Gasteiger partial charge in [0.05, 0.1) is 0 Å². The van der Waals surface area contributed by atoms with Gasteiger partial charge in [-0.25, -0.2) is 9.97 Å². The van der Waals surface area contributed by atoms with Crippen LogP contribution in [0.1, 0.15) is 42.4 Å². The van der Waals surface area contributed by atoms with Crippen molar-refractivity contribution in [3.63, 3.8) is 0 Å². The number of likely N-dealkylation sites (tertiary alicyclic amines) is 1. The molecule has 0 aliphatic carbocycles. The van der Waals surface area contributed by atoms with Crippen molar-refractivity contribution in [1.29, 1.82) is 0 Å². The summed E-state index contributed by atoms with van der Waals surface area (Å²) in [7, 11) is 0. The molecule has 1 aromatic heterocycles. The Kier molecular flexibility index (Phi) is 7.41. The van der Waals surface area contributed by atoms with Gasteiger partial charge in [-0.15, -0.1) is 0 Å². The molecule has 3 heteroatoms. The standard InChI is InChI=1S/C27H31N3/c1-3-10-25(11-4-1)27(26-12-5-2-6-13-26)19-23-14-17-30(18-15-23)16-8-7-9-24-20-28-22-29-21-24/h1-6,10-13,19-23H,7-9,14-18H2. The number of rotatable bonds is 8. The Bertz CT molecular complexity index is 857. The molecule has 1 saturated heterocycles. The summed E-state index contributed by atoms with van der Waals surface area (Å²) in [5, 5.41) is 0. The lowest BCUT2D eigenvalue weighted by molar-refractivity contribution is 0.200. The van der Waals surface area contributed by atoms with Crippen molar-refractivity contribution in [3.05, 3.63) is 102 Å². The van der Waals surface area contributed by atoms with Crippen LogP contribution in [0.5, 0.6) is 0 Å². The smallest absolute Gasteiger partial charge is 0.115 e. The summed E-state index contributed by atoms with van der Waals surface area (Å²) in [6, 6.07) is 21.6. The van der Waals surface area contributed by atoms with E-state index < -0.39 is 0 Å². The summed E-state index contributed by atoms with van der Waals surface area (Å²) < 4.78 is 0. The molecule has 0 saturated carbocycles. The number of aromatic nitrogens is 2. The van der Waals surface area contributed by atoms with E-state index in [0.29, 0.717) is 5.92 Å². The van der Waals surface area contributed by atoms with Crippen LogP contribution in [0.2, 0.25) is 0 Å². The minimum Gasteiger partial charge on any atom is -0.303 e. The van der Waals surface area contributed by atoms with E-state index in [1.807, 2.05) is 12.4 Å². The minimum absolute atomic E-state index is 0.651. The number of aryl methyl sites for hydroxylation is 1. The largest absolute Gasteiger partial charge is 0.303 e. The SMILES string of the molecule is C(=C(c1ccccc1)c1ccccc1)C1CCN(CCCCc2cncnc2)CC1. The fourth-order valence-electron chi connectivity index (χ4n) is 4.30. The topological polar surface area (TPSA) is 29.0 Å². The number of benzene rings is 2. The molecule has 0 N–H and O–H groups in total. The molecule has 154 valence electrons. The summed E-state index contributed by atoms with van der Waals surface area (Å²) in [5.41, 5.74) is 5.25. The normalized spacial score (nSPS) is 15.1. The van der Waals surface area contributed by atoms with E-state index in [2.05, 4.69) is 81.6 Å². The van der Waals surface area contributed by atoms with Crippen LogP contribution in [0, 0.1) is 5.92 Å². The van der Waals surface area contributed by atoms with Gasteiger partial charge < -0.3 is 4.90 Å². The Balaban J connectivity index is 1.30. The predicted octanol–water partition coefficient (Wildman–Crippen LogP) is 5.64. The van der Waals surface area contributed by atoms with Crippen LogP contribution in [0.25, 0.3) is 5.57 Å². The lowest BCUT2D eigenvalue weighted by Crippen LogP contribution is -2.34. The van der Waals surface area contributed by atoms with Gasteiger partial charge in [0.2, 0.25) is 0 Å². The van der Waals surface area contributed by atoms with E-state index in [4.69, 9.17) is 0 Å². The maximum absolute atomic E-state index is 4.10. The Hall–Kier alpha value is -2.78. The number of hydrogen-bond acceptors (Lipinski definition) is 3. The summed E-state index contributed by atoms with van der Waals surface area (Å²) >= 11 is 0. The second-order valence-electron chi connectivity index (χ2n) is 8.20. The van der Waals surface area contributed by atoms with Gasteiger partial charge in [0, 0.05) is 12.4 Å². The van der Waals surface area contributed by atoms with Gasteiger partial charge in [-0.2, -0.15) is 0 Å². The van der Waals surface area contributed by atoms with E-state index >= 15 is 0 Å². The second kappa shape index (κ2) is 10.8. The van der Waals surface area contributed by atoms with Gasteiger partial charge >= 0.3 is 0 Å². The van der Waals surface area contributed by atoms with Crippen LogP contribution in [0.4, 0.5) is 0 Å². The molecule has 2 aromatic carbocycles. The second-order valence-corrected chi connectivity index (χ2v) is 8.20. The van der Waals surface area contributed by atoms with Crippen molar-refractivity contribution in [2.45, 2.75) is 32.1 Å². The molecule has 2 heterocycles. The van der Waals surface area contributed by atoms with E-state index in [1.165, 1.54) is 67.6 Å². The van der Waals surface area contributed by atoms with Gasteiger partial charge in [-0.3, -0.25) is 0 Å². The average molecular weight is 398 g/mol. The van der Waals surface area contributed by atoms with Crippen LogP contribution in [0.15, 0.2) is 85.5 Å². The minimum atomic E-state index is 0.651. The molecule has 4 rings (SSSR count). The Morgan fingerprint density at radius 3 is 2.03 bits per heavy atom. The third-order valence-electron chi connectivity index (χ3n) is 6.01. The fraction of sp³-hybridized carbons (Fsp3) is 0.333. The third kappa shape index (κ3) is 5.87. The Morgan fingerprint density at radius 2 is 1.43 bits per heavy atom. The molecular formula is C27H31N3. The van der Waals surface area contributed by atoms with Crippen molar-refractivity contribution < 1.29 is 0 Å². The zero-order valence-electron chi connectivity index (χ0n) is 17.7. The van der Waals surface area contributed by atoms with Crippen LogP contribution < -0.4 is 0 Å². The van der Waals surface area contributed by atoms with Crippen molar-refractivity contribution in [3.8, 4) is 0 Å². The molecule has 30 heavy (non-hydrogen) atoms. The third-order valence-corrected chi connectivity index (χ3v) is 6.01. The molecule has 3 nitrogen and oxygen atoms in total. The van der Waals surface area contributed by atoms with Crippen LogP contribution >= 0.6 is 0 Å². The number of piperidine rings is 1. The van der Waals surface area contributed by atoms with Gasteiger partial charge in [-0.1, -0.05) is 66.7 Å². The first-order valence-corrected chi connectivity index (χ1v) is 11.2. The molecule has 0 atom stereocenters. The van der Waals surface area contributed by atoms with Crippen molar-refractivity contribution in [1.82, 2.24) is 14.9 Å². The molecule has 0 unspecified atom stereocenters. The molecule has 0 amide bonds. The van der Waals surface area contributed by atoms with Crippen LogP contribution in [-0.2, 0) is 6.42 Å². The first kappa shape index (κ1) is 20.5. The fourth-order valence-corrected chi connectivity index (χ4v) is 4.30. The van der Waals surface area contributed by atoms with Gasteiger partial charge in [0.15, 0.2) is 0 Å². The van der Waals surface area contributed by atoms with Gasteiger partial charge in [0.1, 0.15) is 6.33 Å². The Labute approximate surface area is 180 Å². The quantitative estimate of drug-likeness (QED) is 0.460. The monoisotopic (exact) mass is 397 g/mol. The molecule has 0 spiro atoms. The first-order chi connectivity index (χ1) is 14.9. The number of allylic oxidation sites excluding steroid dienone is 1. The lowest BCUT2D eigenvalue weighted by Gasteiger charge is -2.31. The summed E-state index contributed by atoms with van der Waals surface area (Å²) in [6.07, 6.45) is 14.0. The predicted molar refractivity (Wildman–Crippen MR) is 124 cm³/mol. The van der Waals surface area contributed by atoms with Crippen molar-refractivity contribution in [2.24, 2.45) is 5.92 Å². The van der Waals surface area contributed by atoms with Gasteiger partial charge in [0.25, 0.3) is 0 Å². The van der Waals surface area contributed by atoms with E-state index in [9.17, 15) is 0 Å². The highest BCUT2D eigenvalue weighted by Gasteiger charge is 2.18. The Morgan fingerprint density at radius 1 is 0.833 bits per heavy atom. The average Bonchev–Trinajstić information content (AvgIpc) is 2.83. The van der Waals surface area contributed by atoms with Crippen LogP contribution in [0.3, 0.4) is 0 Å². The molecule has 0 bridgehead atoms. The van der Waals surface area contributed by atoms with Crippen molar-refractivity contribution >= 4 is 5.57 Å². The summed E-state index contributed by atoms with van der Waals surface area (Å²) in [6.45, 7) is 3.60. The molecule has 3 aromatic rings. The summed E-state index contributed by atoms with van der Waals surface area (Å²) in [5.74, 6) is 0.651. The maximum Gasteiger partial charge on any atom is 0.115 e. The molecular weight excluding hydrogens is 366 g/mol. The van der Waals surface area contributed by atoms with E-state index in [-0.39, 0.29) is 0 Å². The first-order valence-electron chi connectivity index (χ1n) is 11.2. The molecule has 1 aliphatic rings. The van der Waals surface area contributed by atoms with E-state index in [1.54, 1.807) is 6.33 Å². The number of hydrogen-bond donors (Lipinski definition) is 0. The zero-order valence-corrected chi connectivity index (χ0v) is 17.7. The number of unbranched alkanes of at least 4 members (excludes halogenated alkanes) is 1. The van der Waals surface area contributed by atoms with Crippen LogP contribution in [-0.4, -0.2) is 34.5 Å². The molecule has 1 aliphatic heterocycles. The highest BCUT2D eigenvalue weighted by atomic mass is 15.1. The van der Waals surface area contributed by atoms with Gasteiger partial charge in [-0.05, 0) is 79.9 Å².